The molecule has 1 amide bonds. The van der Waals surface area contributed by atoms with Crippen molar-refractivity contribution in [3.63, 3.8) is 0 Å². The third kappa shape index (κ3) is 75.9. The minimum atomic E-state index is -0.661. The largest absolute Gasteiger partial charge is 0.466 e. The van der Waals surface area contributed by atoms with Gasteiger partial charge in [-0.25, -0.2) is 0 Å². The fraction of sp³-hybridized carbons (Fsp3) is 0.976. The summed E-state index contributed by atoms with van der Waals surface area (Å²) in [6.45, 7) is 5.02. The molecule has 538 valence electrons. The lowest BCUT2D eigenvalue weighted by Crippen LogP contribution is -2.45. The van der Waals surface area contributed by atoms with Crippen LogP contribution in [-0.2, 0) is 14.3 Å². The van der Waals surface area contributed by atoms with Crippen LogP contribution >= 0.6 is 0 Å². The van der Waals surface area contributed by atoms with Crippen molar-refractivity contribution in [3.05, 3.63) is 0 Å². The molecule has 0 aromatic rings. The van der Waals surface area contributed by atoms with E-state index in [0.29, 0.717) is 25.9 Å². The molecule has 6 heteroatoms. The minimum absolute atomic E-state index is 0.0227. The van der Waals surface area contributed by atoms with Gasteiger partial charge in [0.2, 0.25) is 5.91 Å². The summed E-state index contributed by atoms with van der Waals surface area (Å²) in [5, 5.41) is 23.5. The number of esters is 1. The lowest BCUT2D eigenvalue weighted by molar-refractivity contribution is -0.143. The summed E-state index contributed by atoms with van der Waals surface area (Å²) in [5.41, 5.74) is 0. The molecule has 0 aliphatic heterocycles. The lowest BCUT2D eigenvalue weighted by atomic mass is 10.0. The van der Waals surface area contributed by atoms with E-state index < -0.39 is 12.1 Å². The van der Waals surface area contributed by atoms with Crippen LogP contribution in [0.5, 0.6) is 0 Å². The van der Waals surface area contributed by atoms with Crippen molar-refractivity contribution in [2.24, 2.45) is 0 Å². The van der Waals surface area contributed by atoms with Crippen molar-refractivity contribution in [2.75, 3.05) is 13.2 Å². The first-order chi connectivity index (χ1) is 44.5. The molecule has 90 heavy (non-hydrogen) atoms. The van der Waals surface area contributed by atoms with Gasteiger partial charge in [-0.15, -0.1) is 0 Å². The van der Waals surface area contributed by atoms with E-state index in [1.54, 1.807) is 0 Å². The van der Waals surface area contributed by atoms with Crippen LogP contribution in [0.15, 0.2) is 0 Å². The summed E-state index contributed by atoms with van der Waals surface area (Å²) in [5.74, 6) is 0.00454. The van der Waals surface area contributed by atoms with Crippen LogP contribution in [0, 0.1) is 0 Å². The SMILES string of the molecule is CCCCCCCCCCCCCCCCCCCCCCCCC(O)C(CO)NC(=O)CCCCCCCCCCCCCCCCCCCCCCCCCCCCCCCCCCCCCCCOC(=O)CCCCCCCCCCCCCCCC. The van der Waals surface area contributed by atoms with Crippen LogP contribution in [0.1, 0.15) is 502 Å². The number of unbranched alkanes of at least 4 members (excludes halogenated alkanes) is 70. The van der Waals surface area contributed by atoms with Gasteiger partial charge in [-0.1, -0.05) is 463 Å². The molecule has 0 spiro atoms. The van der Waals surface area contributed by atoms with Gasteiger partial charge in [-0.05, 0) is 25.7 Å². The second-order valence-corrected chi connectivity index (χ2v) is 29.5. The molecular weight excluding hydrogens is 1100 g/mol. The van der Waals surface area contributed by atoms with Crippen LogP contribution in [0.2, 0.25) is 0 Å². The fourth-order valence-electron chi connectivity index (χ4n) is 14.0. The second-order valence-electron chi connectivity index (χ2n) is 29.5. The molecule has 0 rings (SSSR count). The molecule has 2 atom stereocenters. The van der Waals surface area contributed by atoms with Crippen LogP contribution in [-0.4, -0.2) is 47.4 Å². The van der Waals surface area contributed by atoms with E-state index in [-0.39, 0.29) is 18.5 Å². The molecule has 2 unspecified atom stereocenters. The number of aliphatic hydroxyl groups is 2. The number of carbonyl (C=O) groups excluding carboxylic acids is 2. The zero-order valence-electron chi connectivity index (χ0n) is 61.9. The predicted octanol–water partition coefficient (Wildman–Crippen LogP) is 28.1. The van der Waals surface area contributed by atoms with E-state index >= 15 is 0 Å². The quantitative estimate of drug-likeness (QED) is 0.0417. The van der Waals surface area contributed by atoms with Gasteiger partial charge in [0.25, 0.3) is 0 Å². The predicted molar refractivity (Wildman–Crippen MR) is 398 cm³/mol. The summed E-state index contributed by atoms with van der Waals surface area (Å²) in [4.78, 5) is 24.7. The Hall–Kier alpha value is -1.14. The average Bonchev–Trinajstić information content (AvgIpc) is 3.65. The van der Waals surface area contributed by atoms with Gasteiger partial charge in [-0.3, -0.25) is 9.59 Å². The fourth-order valence-corrected chi connectivity index (χ4v) is 14.0. The Kier molecular flexibility index (Phi) is 79.3. The number of rotatable bonds is 81. The molecule has 0 aromatic heterocycles. The molecule has 0 saturated heterocycles. The average molecular weight is 1270 g/mol. The van der Waals surface area contributed by atoms with Gasteiger partial charge in [0.1, 0.15) is 0 Å². The maximum atomic E-state index is 12.6. The highest BCUT2D eigenvalue weighted by Crippen LogP contribution is 2.21. The Balaban J connectivity index is 3.29. The van der Waals surface area contributed by atoms with E-state index in [4.69, 9.17) is 4.74 Å². The first-order valence-electron chi connectivity index (χ1n) is 42.3. The monoisotopic (exact) mass is 1270 g/mol. The van der Waals surface area contributed by atoms with Gasteiger partial charge in [0.15, 0.2) is 0 Å². The van der Waals surface area contributed by atoms with Gasteiger partial charge in [0.05, 0.1) is 25.4 Å². The zero-order valence-corrected chi connectivity index (χ0v) is 61.9. The van der Waals surface area contributed by atoms with E-state index in [0.717, 1.165) is 38.5 Å². The maximum Gasteiger partial charge on any atom is 0.305 e. The highest BCUT2D eigenvalue weighted by Gasteiger charge is 2.20. The first-order valence-corrected chi connectivity index (χ1v) is 42.3. The third-order valence-corrected chi connectivity index (χ3v) is 20.4. The molecule has 0 fully saturated rings. The Morgan fingerprint density at radius 1 is 0.267 bits per heavy atom. The molecule has 6 nitrogen and oxygen atoms in total. The molecule has 0 aromatic carbocycles. The summed E-state index contributed by atoms with van der Waals surface area (Å²) in [7, 11) is 0. The van der Waals surface area contributed by atoms with Crippen LogP contribution in [0.3, 0.4) is 0 Å². The zero-order chi connectivity index (χ0) is 64.9. The number of nitrogens with one attached hydrogen (secondary N) is 1. The Labute approximate surface area is 566 Å². The number of carbonyl (C=O) groups is 2. The van der Waals surface area contributed by atoms with Gasteiger partial charge in [0, 0.05) is 12.8 Å². The van der Waals surface area contributed by atoms with Crippen molar-refractivity contribution in [1.29, 1.82) is 0 Å². The van der Waals surface area contributed by atoms with E-state index in [2.05, 4.69) is 19.2 Å². The summed E-state index contributed by atoms with van der Waals surface area (Å²) < 4.78 is 5.51. The molecule has 0 radical (unpaired) electrons. The normalized spacial score (nSPS) is 12.4. The minimum Gasteiger partial charge on any atom is -0.466 e. The topological polar surface area (TPSA) is 95.9 Å². The summed E-state index contributed by atoms with van der Waals surface area (Å²) in [6, 6.07) is -0.537. The number of aliphatic hydroxyl groups excluding tert-OH is 2. The molecule has 0 heterocycles. The van der Waals surface area contributed by atoms with Crippen molar-refractivity contribution in [1.82, 2.24) is 5.32 Å². The van der Waals surface area contributed by atoms with Gasteiger partial charge in [-0.2, -0.15) is 0 Å². The van der Waals surface area contributed by atoms with E-state index in [1.807, 2.05) is 0 Å². The standard InChI is InChI=1S/C84H167NO5/c1-3-5-7-9-11-13-15-17-19-20-21-22-40-43-46-49-52-56-60-64-68-72-76-82(87)81(80-86)85-83(88)77-73-69-65-61-57-53-50-47-44-41-38-36-34-32-30-28-26-24-23-25-27-29-31-33-35-37-39-42-45-48-51-55-59-63-67-71-75-79-90-84(89)78-74-70-66-62-58-54-18-16-14-12-10-8-6-4-2/h81-82,86-87H,3-80H2,1-2H3,(H,85,88). The van der Waals surface area contributed by atoms with Crippen molar-refractivity contribution < 1.29 is 24.5 Å². The Morgan fingerprint density at radius 2 is 0.456 bits per heavy atom. The number of hydrogen-bond donors (Lipinski definition) is 3. The van der Waals surface area contributed by atoms with Crippen molar-refractivity contribution in [3.8, 4) is 0 Å². The van der Waals surface area contributed by atoms with E-state index in [1.165, 1.54) is 430 Å². The molecule has 3 N–H and O–H groups in total. The molecule has 0 saturated carbocycles. The summed E-state index contributed by atoms with van der Waals surface area (Å²) >= 11 is 0. The third-order valence-electron chi connectivity index (χ3n) is 20.4. The van der Waals surface area contributed by atoms with Gasteiger partial charge >= 0.3 is 5.97 Å². The van der Waals surface area contributed by atoms with Crippen molar-refractivity contribution in [2.45, 2.75) is 514 Å². The lowest BCUT2D eigenvalue weighted by Gasteiger charge is -2.22. The number of amides is 1. The maximum absolute atomic E-state index is 12.6. The van der Waals surface area contributed by atoms with E-state index in [9.17, 15) is 19.8 Å². The molecule has 0 bridgehead atoms. The van der Waals surface area contributed by atoms with Crippen LogP contribution < -0.4 is 5.32 Å². The molecular formula is C84H167NO5. The smallest absolute Gasteiger partial charge is 0.305 e. The van der Waals surface area contributed by atoms with Crippen LogP contribution in [0.4, 0.5) is 0 Å². The number of hydrogen-bond acceptors (Lipinski definition) is 5. The highest BCUT2D eigenvalue weighted by atomic mass is 16.5. The number of ether oxygens (including phenoxy) is 1. The van der Waals surface area contributed by atoms with Gasteiger partial charge < -0.3 is 20.3 Å². The summed E-state index contributed by atoms with van der Waals surface area (Å²) in [6.07, 6.45) is 101. The molecule has 0 aliphatic rings. The highest BCUT2D eigenvalue weighted by molar-refractivity contribution is 5.76. The van der Waals surface area contributed by atoms with Crippen LogP contribution in [0.25, 0.3) is 0 Å². The van der Waals surface area contributed by atoms with Crippen molar-refractivity contribution >= 4 is 11.9 Å². The second kappa shape index (κ2) is 80.3. The Bertz CT molecular complexity index is 1320. The molecule has 0 aliphatic carbocycles. The first kappa shape index (κ1) is 88.9. The Morgan fingerprint density at radius 3 is 0.678 bits per heavy atom.